The van der Waals surface area contributed by atoms with Crippen LogP contribution in [0.15, 0.2) is 48.5 Å². The second kappa shape index (κ2) is 8.57. The van der Waals surface area contributed by atoms with Crippen LogP contribution in [0.4, 0.5) is 0 Å². The maximum atomic E-state index is 12.0. The lowest BCUT2D eigenvalue weighted by atomic mass is 10.1. The number of ether oxygens (including phenoxy) is 2. The molecule has 0 unspecified atom stereocenters. The molecule has 0 saturated heterocycles. The van der Waals surface area contributed by atoms with E-state index in [0.29, 0.717) is 23.7 Å². The number of benzene rings is 2. The van der Waals surface area contributed by atoms with Crippen molar-refractivity contribution < 1.29 is 19.1 Å². The Morgan fingerprint density at radius 2 is 1.75 bits per heavy atom. The Morgan fingerprint density at radius 3 is 2.42 bits per heavy atom. The zero-order chi connectivity index (χ0) is 17.4. The second-order valence-electron chi connectivity index (χ2n) is 4.99. The van der Waals surface area contributed by atoms with Gasteiger partial charge in [0.05, 0.1) is 20.1 Å². The van der Waals surface area contributed by atoms with Crippen LogP contribution in [0.5, 0.6) is 11.5 Å². The molecule has 2 aromatic carbocycles. The van der Waals surface area contributed by atoms with Gasteiger partial charge in [-0.3, -0.25) is 20.4 Å². The van der Waals surface area contributed by atoms with Gasteiger partial charge in [-0.25, -0.2) is 0 Å². The normalized spacial score (nSPS) is 9.92. The molecule has 6 heteroatoms. The van der Waals surface area contributed by atoms with Crippen LogP contribution in [-0.2, 0) is 11.2 Å². The Kier molecular flexibility index (Phi) is 6.19. The van der Waals surface area contributed by atoms with Gasteiger partial charge in [-0.1, -0.05) is 12.1 Å². The molecule has 24 heavy (non-hydrogen) atoms. The van der Waals surface area contributed by atoms with Crippen LogP contribution >= 0.6 is 0 Å². The van der Waals surface area contributed by atoms with Crippen LogP contribution in [-0.4, -0.2) is 25.5 Å². The molecule has 0 spiro atoms. The Labute approximate surface area is 140 Å². The van der Waals surface area contributed by atoms with E-state index in [-0.39, 0.29) is 12.3 Å². The molecule has 0 aromatic heterocycles. The molecule has 0 aliphatic carbocycles. The van der Waals surface area contributed by atoms with Crippen molar-refractivity contribution >= 4 is 11.8 Å². The maximum absolute atomic E-state index is 12.0. The second-order valence-corrected chi connectivity index (χ2v) is 4.99. The summed E-state index contributed by atoms with van der Waals surface area (Å²) in [5, 5.41) is 0. The highest BCUT2D eigenvalue weighted by Gasteiger charge is 2.08. The van der Waals surface area contributed by atoms with Crippen LogP contribution in [0.25, 0.3) is 0 Å². The van der Waals surface area contributed by atoms with E-state index in [2.05, 4.69) is 10.9 Å². The number of carbonyl (C=O) groups excluding carboxylic acids is 2. The van der Waals surface area contributed by atoms with Gasteiger partial charge in [-0.15, -0.1) is 0 Å². The van der Waals surface area contributed by atoms with E-state index in [1.807, 2.05) is 13.0 Å². The average molecular weight is 328 g/mol. The zero-order valence-electron chi connectivity index (χ0n) is 13.7. The predicted octanol–water partition coefficient (Wildman–Crippen LogP) is 2.10. The molecule has 2 N–H and O–H groups in total. The lowest BCUT2D eigenvalue weighted by Gasteiger charge is -2.09. The van der Waals surface area contributed by atoms with Gasteiger partial charge in [0.25, 0.3) is 5.91 Å². The first-order valence-electron chi connectivity index (χ1n) is 7.57. The largest absolute Gasteiger partial charge is 0.497 e. The summed E-state index contributed by atoms with van der Waals surface area (Å²) in [6.07, 6.45) is 0.140. The molecule has 0 atom stereocenters. The van der Waals surface area contributed by atoms with Gasteiger partial charge in [0, 0.05) is 5.56 Å². The fourth-order valence-corrected chi connectivity index (χ4v) is 2.08. The molecule has 2 amide bonds. The van der Waals surface area contributed by atoms with E-state index >= 15 is 0 Å². The Hall–Kier alpha value is -3.02. The third kappa shape index (κ3) is 5.01. The Morgan fingerprint density at radius 1 is 1.00 bits per heavy atom. The zero-order valence-corrected chi connectivity index (χ0v) is 13.7. The minimum Gasteiger partial charge on any atom is -0.497 e. The van der Waals surface area contributed by atoms with Crippen LogP contribution in [0.2, 0.25) is 0 Å². The van der Waals surface area contributed by atoms with Gasteiger partial charge >= 0.3 is 0 Å². The molecule has 0 heterocycles. The van der Waals surface area contributed by atoms with Gasteiger partial charge in [0.2, 0.25) is 5.91 Å². The number of nitrogens with one attached hydrogen (secondary N) is 2. The highest BCUT2D eigenvalue weighted by atomic mass is 16.5. The topological polar surface area (TPSA) is 76.7 Å². The van der Waals surface area contributed by atoms with Crippen LogP contribution in [0, 0.1) is 0 Å². The summed E-state index contributed by atoms with van der Waals surface area (Å²) in [5.41, 5.74) is 6.01. The van der Waals surface area contributed by atoms with Crippen molar-refractivity contribution in [1.82, 2.24) is 10.9 Å². The first-order chi connectivity index (χ1) is 11.6. The highest BCUT2D eigenvalue weighted by molar-refractivity contribution is 5.95. The Balaban J connectivity index is 1.85. The monoisotopic (exact) mass is 328 g/mol. The molecule has 0 aliphatic rings. The summed E-state index contributed by atoms with van der Waals surface area (Å²) in [6.45, 7) is 2.45. The predicted molar refractivity (Wildman–Crippen MR) is 89.9 cm³/mol. The lowest BCUT2D eigenvalue weighted by molar-refractivity contribution is -0.121. The van der Waals surface area contributed by atoms with E-state index in [0.717, 1.165) is 5.56 Å². The third-order valence-electron chi connectivity index (χ3n) is 3.24. The molecule has 0 aliphatic heterocycles. The molecule has 0 fully saturated rings. The van der Waals surface area contributed by atoms with Crippen molar-refractivity contribution in [3.63, 3.8) is 0 Å². The number of carbonyl (C=O) groups is 2. The summed E-state index contributed by atoms with van der Waals surface area (Å²) in [7, 11) is 1.57. The molecule has 0 bridgehead atoms. The van der Waals surface area contributed by atoms with Crippen LogP contribution < -0.4 is 20.3 Å². The molecular weight excluding hydrogens is 308 g/mol. The number of rotatable bonds is 6. The van der Waals surface area contributed by atoms with Gasteiger partial charge in [0.1, 0.15) is 11.5 Å². The van der Waals surface area contributed by atoms with Crippen molar-refractivity contribution in [2.45, 2.75) is 13.3 Å². The summed E-state index contributed by atoms with van der Waals surface area (Å²) < 4.78 is 10.4. The van der Waals surface area contributed by atoms with Crippen LogP contribution in [0.3, 0.4) is 0 Å². The highest BCUT2D eigenvalue weighted by Crippen LogP contribution is 2.13. The SMILES string of the molecule is CCOc1ccc(C(=O)NNC(=O)Cc2cccc(OC)c2)cc1. The van der Waals surface area contributed by atoms with E-state index in [4.69, 9.17) is 9.47 Å². The van der Waals surface area contributed by atoms with Crippen molar-refractivity contribution in [3.8, 4) is 11.5 Å². The van der Waals surface area contributed by atoms with Gasteiger partial charge in [0.15, 0.2) is 0 Å². The molecule has 126 valence electrons. The molecule has 2 rings (SSSR count). The number of hydrazine groups is 1. The first-order valence-corrected chi connectivity index (χ1v) is 7.57. The molecule has 2 aromatic rings. The summed E-state index contributed by atoms with van der Waals surface area (Å²) in [5.74, 6) is 0.661. The first kappa shape index (κ1) is 17.3. The average Bonchev–Trinajstić information content (AvgIpc) is 2.61. The third-order valence-corrected chi connectivity index (χ3v) is 3.24. The summed E-state index contributed by atoms with van der Waals surface area (Å²) >= 11 is 0. The fraction of sp³-hybridized carbons (Fsp3) is 0.222. The smallest absolute Gasteiger partial charge is 0.269 e. The minimum atomic E-state index is -0.392. The maximum Gasteiger partial charge on any atom is 0.269 e. The van der Waals surface area contributed by atoms with Crippen molar-refractivity contribution in [1.29, 1.82) is 0 Å². The molecule has 0 saturated carbocycles. The van der Waals surface area contributed by atoms with Crippen molar-refractivity contribution in [2.24, 2.45) is 0 Å². The Bertz CT molecular complexity index is 698. The van der Waals surface area contributed by atoms with Gasteiger partial charge < -0.3 is 9.47 Å². The standard InChI is InChI=1S/C18H20N2O4/c1-3-24-15-9-7-14(8-10-15)18(22)20-19-17(21)12-13-5-4-6-16(11-13)23-2/h4-11H,3,12H2,1-2H3,(H,19,21)(H,20,22). The minimum absolute atomic E-state index is 0.140. The summed E-state index contributed by atoms with van der Waals surface area (Å²) in [6, 6.07) is 13.9. The summed E-state index contributed by atoms with van der Waals surface area (Å²) in [4.78, 5) is 23.9. The van der Waals surface area contributed by atoms with E-state index in [1.54, 1.807) is 49.6 Å². The molecule has 6 nitrogen and oxygen atoms in total. The number of methoxy groups -OCH3 is 1. The number of hydrogen-bond donors (Lipinski definition) is 2. The van der Waals surface area contributed by atoms with Crippen LogP contribution in [0.1, 0.15) is 22.8 Å². The van der Waals surface area contributed by atoms with E-state index in [9.17, 15) is 9.59 Å². The van der Waals surface area contributed by atoms with Gasteiger partial charge in [-0.2, -0.15) is 0 Å². The fourth-order valence-electron chi connectivity index (χ4n) is 2.08. The molecular formula is C18H20N2O4. The van der Waals surface area contributed by atoms with E-state index < -0.39 is 5.91 Å². The quantitative estimate of drug-likeness (QED) is 0.796. The molecule has 0 radical (unpaired) electrons. The van der Waals surface area contributed by atoms with E-state index in [1.165, 1.54) is 0 Å². The number of hydrogen-bond acceptors (Lipinski definition) is 4. The van der Waals surface area contributed by atoms with Gasteiger partial charge in [-0.05, 0) is 48.9 Å². The number of amides is 2. The van der Waals surface area contributed by atoms with Crippen molar-refractivity contribution in [3.05, 3.63) is 59.7 Å². The van der Waals surface area contributed by atoms with Crippen molar-refractivity contribution in [2.75, 3.05) is 13.7 Å². The lowest BCUT2D eigenvalue weighted by Crippen LogP contribution is -2.42.